The molecule has 5 nitrogen and oxygen atoms in total. The number of rotatable bonds is 7. The second kappa shape index (κ2) is 8.47. The summed E-state index contributed by atoms with van der Waals surface area (Å²) in [6.45, 7) is 0.185. The summed E-state index contributed by atoms with van der Waals surface area (Å²) in [6.07, 6.45) is 0. The molecule has 0 saturated carbocycles. The zero-order valence-corrected chi connectivity index (χ0v) is 14.1. The van der Waals surface area contributed by atoms with E-state index < -0.39 is 0 Å². The first-order valence-electron chi connectivity index (χ1n) is 7.95. The molecule has 0 atom stereocenters. The van der Waals surface area contributed by atoms with Crippen molar-refractivity contribution in [1.29, 1.82) is 0 Å². The van der Waals surface area contributed by atoms with Gasteiger partial charge in [-0.15, -0.1) is 0 Å². The number of anilines is 1. The summed E-state index contributed by atoms with van der Waals surface area (Å²) in [7, 11) is 4.00. The van der Waals surface area contributed by atoms with Gasteiger partial charge in [0, 0.05) is 38.4 Å². The molecule has 2 aromatic carbocycles. The van der Waals surface area contributed by atoms with Crippen LogP contribution in [0, 0.1) is 0 Å². The first-order valence-corrected chi connectivity index (χ1v) is 7.95. The molecule has 0 heterocycles. The predicted octanol–water partition coefficient (Wildman–Crippen LogP) is 1.85. The van der Waals surface area contributed by atoms with Gasteiger partial charge in [-0.2, -0.15) is 0 Å². The van der Waals surface area contributed by atoms with Crippen molar-refractivity contribution < 1.29 is 15.0 Å². The van der Waals surface area contributed by atoms with E-state index in [0.29, 0.717) is 5.56 Å². The number of hydrogen-bond donors (Lipinski definition) is 2. The molecule has 0 aliphatic carbocycles. The van der Waals surface area contributed by atoms with Crippen molar-refractivity contribution in [2.75, 3.05) is 45.3 Å². The molecular weight excluding hydrogens is 304 g/mol. The van der Waals surface area contributed by atoms with E-state index in [-0.39, 0.29) is 32.2 Å². The summed E-state index contributed by atoms with van der Waals surface area (Å²) in [6, 6.07) is 15.6. The molecule has 0 aromatic heterocycles. The van der Waals surface area contributed by atoms with Gasteiger partial charge < -0.3 is 20.0 Å². The molecule has 2 rings (SSSR count). The molecule has 1 amide bonds. The summed E-state index contributed by atoms with van der Waals surface area (Å²) in [5, 5.41) is 18.1. The Morgan fingerprint density at radius 2 is 1.29 bits per heavy atom. The maximum Gasteiger partial charge on any atom is 0.254 e. The molecule has 0 spiro atoms. The number of aliphatic hydroxyl groups is 2. The summed E-state index contributed by atoms with van der Waals surface area (Å²) in [5.74, 6) is -0.187. The lowest BCUT2D eigenvalue weighted by atomic mass is 10.0. The van der Waals surface area contributed by atoms with Crippen molar-refractivity contribution in [2.24, 2.45) is 0 Å². The summed E-state index contributed by atoms with van der Waals surface area (Å²) < 4.78 is 0. The van der Waals surface area contributed by atoms with Crippen LogP contribution < -0.4 is 4.90 Å². The zero-order chi connectivity index (χ0) is 17.5. The minimum atomic E-state index is -0.187. The van der Waals surface area contributed by atoms with Crippen LogP contribution in [0.1, 0.15) is 10.4 Å². The van der Waals surface area contributed by atoms with Crippen LogP contribution in [0.2, 0.25) is 0 Å². The highest BCUT2D eigenvalue weighted by molar-refractivity contribution is 5.94. The lowest BCUT2D eigenvalue weighted by Crippen LogP contribution is -2.35. The maximum atomic E-state index is 12.4. The SMILES string of the molecule is CN(C)c1ccc(-c2ccc(C(=O)N(CCO)CCO)cc2)cc1. The quantitative estimate of drug-likeness (QED) is 0.814. The van der Waals surface area contributed by atoms with Crippen molar-refractivity contribution in [3.63, 3.8) is 0 Å². The monoisotopic (exact) mass is 328 g/mol. The van der Waals surface area contributed by atoms with Gasteiger partial charge in [0.2, 0.25) is 0 Å². The molecule has 0 radical (unpaired) electrons. The van der Waals surface area contributed by atoms with Gasteiger partial charge in [-0.3, -0.25) is 4.79 Å². The van der Waals surface area contributed by atoms with Crippen LogP contribution >= 0.6 is 0 Å². The lowest BCUT2D eigenvalue weighted by molar-refractivity contribution is 0.0685. The summed E-state index contributed by atoms with van der Waals surface area (Å²) >= 11 is 0. The molecule has 2 N–H and O–H groups in total. The Labute approximate surface area is 142 Å². The Hall–Kier alpha value is -2.37. The topological polar surface area (TPSA) is 64.0 Å². The van der Waals surface area contributed by atoms with E-state index in [1.807, 2.05) is 31.1 Å². The van der Waals surface area contributed by atoms with E-state index in [1.54, 1.807) is 12.1 Å². The van der Waals surface area contributed by atoms with Crippen LogP contribution in [0.15, 0.2) is 48.5 Å². The molecular formula is C19H24N2O3. The van der Waals surface area contributed by atoms with Gasteiger partial charge in [0.25, 0.3) is 5.91 Å². The van der Waals surface area contributed by atoms with Crippen molar-refractivity contribution in [1.82, 2.24) is 4.90 Å². The van der Waals surface area contributed by atoms with Gasteiger partial charge in [0.05, 0.1) is 13.2 Å². The highest BCUT2D eigenvalue weighted by Gasteiger charge is 2.14. The Kier molecular flexibility index (Phi) is 6.35. The van der Waals surface area contributed by atoms with Gasteiger partial charge in [0.15, 0.2) is 0 Å². The van der Waals surface area contributed by atoms with E-state index in [2.05, 4.69) is 24.3 Å². The molecule has 0 fully saturated rings. The average Bonchev–Trinajstić information content (AvgIpc) is 2.61. The largest absolute Gasteiger partial charge is 0.395 e. The summed E-state index contributed by atoms with van der Waals surface area (Å²) in [5.41, 5.74) is 3.80. The van der Waals surface area contributed by atoms with Crippen LogP contribution in [-0.2, 0) is 0 Å². The van der Waals surface area contributed by atoms with Gasteiger partial charge in [-0.05, 0) is 35.4 Å². The van der Waals surface area contributed by atoms with E-state index in [0.717, 1.165) is 16.8 Å². The summed E-state index contributed by atoms with van der Waals surface area (Å²) in [4.78, 5) is 15.9. The molecule has 5 heteroatoms. The number of benzene rings is 2. The zero-order valence-electron chi connectivity index (χ0n) is 14.1. The fourth-order valence-corrected chi connectivity index (χ4v) is 2.50. The van der Waals surface area contributed by atoms with Crippen molar-refractivity contribution in [2.45, 2.75) is 0 Å². The van der Waals surface area contributed by atoms with Crippen LogP contribution in [0.3, 0.4) is 0 Å². The third-order valence-corrected chi connectivity index (χ3v) is 3.88. The van der Waals surface area contributed by atoms with Gasteiger partial charge in [-0.25, -0.2) is 0 Å². The number of hydrogen-bond acceptors (Lipinski definition) is 4. The van der Waals surface area contributed by atoms with E-state index in [1.165, 1.54) is 4.90 Å². The van der Waals surface area contributed by atoms with Crippen molar-refractivity contribution >= 4 is 11.6 Å². The Bertz CT molecular complexity index is 645. The third-order valence-electron chi connectivity index (χ3n) is 3.88. The predicted molar refractivity (Wildman–Crippen MR) is 96.3 cm³/mol. The molecule has 0 aliphatic heterocycles. The normalized spacial score (nSPS) is 10.5. The first kappa shape index (κ1) is 18.0. The smallest absolute Gasteiger partial charge is 0.254 e. The second-order valence-electron chi connectivity index (χ2n) is 5.76. The van der Waals surface area contributed by atoms with Crippen LogP contribution in [0.4, 0.5) is 5.69 Å². The lowest BCUT2D eigenvalue weighted by Gasteiger charge is -2.20. The number of carbonyl (C=O) groups is 1. The Morgan fingerprint density at radius 1 is 0.833 bits per heavy atom. The fourth-order valence-electron chi connectivity index (χ4n) is 2.50. The minimum absolute atomic E-state index is 0.123. The molecule has 0 saturated heterocycles. The number of nitrogens with zero attached hydrogens (tertiary/aromatic N) is 2. The molecule has 0 unspecified atom stereocenters. The van der Waals surface area contributed by atoms with Crippen LogP contribution in [0.5, 0.6) is 0 Å². The van der Waals surface area contributed by atoms with Crippen LogP contribution in [-0.4, -0.2) is 61.4 Å². The molecule has 2 aromatic rings. The minimum Gasteiger partial charge on any atom is -0.395 e. The molecule has 0 aliphatic rings. The molecule has 24 heavy (non-hydrogen) atoms. The van der Waals surface area contributed by atoms with E-state index >= 15 is 0 Å². The second-order valence-corrected chi connectivity index (χ2v) is 5.76. The first-order chi connectivity index (χ1) is 11.6. The number of aliphatic hydroxyl groups excluding tert-OH is 2. The Morgan fingerprint density at radius 3 is 1.71 bits per heavy atom. The number of carbonyl (C=O) groups excluding carboxylic acids is 1. The van der Waals surface area contributed by atoms with E-state index in [4.69, 9.17) is 10.2 Å². The molecule has 0 bridgehead atoms. The highest BCUT2D eigenvalue weighted by atomic mass is 16.3. The fraction of sp³-hybridized carbons (Fsp3) is 0.316. The van der Waals surface area contributed by atoms with Gasteiger partial charge in [-0.1, -0.05) is 24.3 Å². The average molecular weight is 328 g/mol. The van der Waals surface area contributed by atoms with Crippen molar-refractivity contribution in [3.8, 4) is 11.1 Å². The molecule has 128 valence electrons. The maximum absolute atomic E-state index is 12.4. The van der Waals surface area contributed by atoms with E-state index in [9.17, 15) is 4.79 Å². The highest BCUT2D eigenvalue weighted by Crippen LogP contribution is 2.23. The standard InChI is InChI=1S/C19H24N2O3/c1-20(2)18-9-7-16(8-10-18)15-3-5-17(6-4-15)19(24)21(11-13-22)12-14-23/h3-10,22-23H,11-14H2,1-2H3. The van der Waals surface area contributed by atoms with Gasteiger partial charge >= 0.3 is 0 Å². The van der Waals surface area contributed by atoms with Gasteiger partial charge in [0.1, 0.15) is 0 Å². The van der Waals surface area contributed by atoms with Crippen molar-refractivity contribution in [3.05, 3.63) is 54.1 Å². The van der Waals surface area contributed by atoms with Crippen LogP contribution in [0.25, 0.3) is 11.1 Å². The Balaban J connectivity index is 2.16. The number of amides is 1. The third kappa shape index (κ3) is 4.34.